The van der Waals surface area contributed by atoms with Gasteiger partial charge in [0.1, 0.15) is 0 Å². The van der Waals surface area contributed by atoms with Crippen LogP contribution in [0.1, 0.15) is 80.8 Å². The summed E-state index contributed by atoms with van der Waals surface area (Å²) in [6.45, 7) is 11.5. The third kappa shape index (κ3) is 5.66. The second-order valence-electron chi connectivity index (χ2n) is 10.6. The van der Waals surface area contributed by atoms with Crippen LogP contribution >= 0.6 is 0 Å². The second-order valence-corrected chi connectivity index (χ2v) is 10.6. The number of nitrogens with one attached hydrogen (secondary N) is 2. The zero-order valence-electron chi connectivity index (χ0n) is 22.5. The first-order chi connectivity index (χ1) is 17.3. The van der Waals surface area contributed by atoms with Crippen molar-refractivity contribution in [1.82, 2.24) is 10.6 Å². The van der Waals surface area contributed by atoms with Crippen LogP contribution in [0, 0.1) is 13.8 Å². The number of carbonyl (C=O) groups is 2. The van der Waals surface area contributed by atoms with E-state index in [4.69, 9.17) is 0 Å². The van der Waals surface area contributed by atoms with Gasteiger partial charge < -0.3 is 15.5 Å². The SMILES string of the molecule is CCN(c1cc(-c2ccc(C)cc2)cc(C(=O)NCC2=C(C)CC(C)NC2=O)c1C)C1CCCCC1. The molecule has 1 aliphatic heterocycles. The van der Waals surface area contributed by atoms with Crippen LogP contribution in [-0.2, 0) is 4.79 Å². The van der Waals surface area contributed by atoms with Crippen molar-refractivity contribution in [2.75, 3.05) is 18.0 Å². The van der Waals surface area contributed by atoms with E-state index in [1.165, 1.54) is 37.7 Å². The molecule has 1 atom stereocenters. The molecule has 2 aromatic rings. The molecule has 5 nitrogen and oxygen atoms in total. The molecule has 5 heteroatoms. The lowest BCUT2D eigenvalue weighted by molar-refractivity contribution is -0.118. The van der Waals surface area contributed by atoms with Crippen molar-refractivity contribution in [2.24, 2.45) is 0 Å². The summed E-state index contributed by atoms with van der Waals surface area (Å²) in [5.74, 6) is -0.207. The summed E-state index contributed by atoms with van der Waals surface area (Å²) in [4.78, 5) is 28.6. The van der Waals surface area contributed by atoms with Crippen LogP contribution < -0.4 is 15.5 Å². The highest BCUT2D eigenvalue weighted by atomic mass is 16.2. The van der Waals surface area contributed by atoms with E-state index in [1.54, 1.807) is 0 Å². The molecule has 0 saturated heterocycles. The molecule has 1 aliphatic carbocycles. The van der Waals surface area contributed by atoms with Gasteiger partial charge in [0.05, 0.1) is 0 Å². The first-order valence-electron chi connectivity index (χ1n) is 13.5. The minimum atomic E-state index is -0.130. The predicted molar refractivity (Wildman–Crippen MR) is 148 cm³/mol. The summed E-state index contributed by atoms with van der Waals surface area (Å²) in [5.41, 5.74) is 7.92. The molecular formula is C31H41N3O2. The number of amides is 2. The molecule has 1 fully saturated rings. The Kier molecular flexibility index (Phi) is 8.17. The summed E-state index contributed by atoms with van der Waals surface area (Å²) in [6.07, 6.45) is 7.05. The van der Waals surface area contributed by atoms with Crippen molar-refractivity contribution in [3.8, 4) is 11.1 Å². The molecule has 4 rings (SSSR count). The maximum atomic E-state index is 13.6. The lowest BCUT2D eigenvalue weighted by Crippen LogP contribution is -2.42. The van der Waals surface area contributed by atoms with E-state index in [1.807, 2.05) is 19.9 Å². The number of benzene rings is 2. The van der Waals surface area contributed by atoms with Crippen LogP contribution in [0.15, 0.2) is 47.5 Å². The van der Waals surface area contributed by atoms with Crippen molar-refractivity contribution in [3.05, 3.63) is 64.2 Å². The molecule has 1 unspecified atom stereocenters. The third-order valence-electron chi connectivity index (χ3n) is 7.88. The Balaban J connectivity index is 1.70. The summed E-state index contributed by atoms with van der Waals surface area (Å²) in [7, 11) is 0. The molecule has 1 heterocycles. The summed E-state index contributed by atoms with van der Waals surface area (Å²) in [5, 5.41) is 6.04. The molecule has 0 bridgehead atoms. The van der Waals surface area contributed by atoms with Gasteiger partial charge in [-0.25, -0.2) is 0 Å². The Morgan fingerprint density at radius 3 is 2.36 bits per heavy atom. The molecule has 2 amide bonds. The summed E-state index contributed by atoms with van der Waals surface area (Å²) < 4.78 is 0. The van der Waals surface area contributed by atoms with E-state index in [0.29, 0.717) is 17.2 Å². The van der Waals surface area contributed by atoms with Crippen molar-refractivity contribution in [3.63, 3.8) is 0 Å². The van der Waals surface area contributed by atoms with Crippen molar-refractivity contribution in [2.45, 2.75) is 85.2 Å². The number of anilines is 1. The van der Waals surface area contributed by atoms with Crippen molar-refractivity contribution in [1.29, 1.82) is 0 Å². The van der Waals surface area contributed by atoms with Gasteiger partial charge in [0.2, 0.25) is 5.91 Å². The lowest BCUT2D eigenvalue weighted by Gasteiger charge is -2.37. The Hall–Kier alpha value is -3.08. The average Bonchev–Trinajstić information content (AvgIpc) is 2.86. The molecule has 2 N–H and O–H groups in total. The molecular weight excluding hydrogens is 446 g/mol. The fourth-order valence-corrected chi connectivity index (χ4v) is 5.80. The van der Waals surface area contributed by atoms with Crippen molar-refractivity contribution >= 4 is 17.5 Å². The Morgan fingerprint density at radius 2 is 1.72 bits per heavy atom. The zero-order chi connectivity index (χ0) is 25.8. The fourth-order valence-electron chi connectivity index (χ4n) is 5.80. The van der Waals surface area contributed by atoms with Crippen LogP contribution in [-0.4, -0.2) is 37.0 Å². The number of nitrogens with zero attached hydrogens (tertiary/aromatic N) is 1. The largest absolute Gasteiger partial charge is 0.369 e. The number of aryl methyl sites for hydroxylation is 1. The van der Waals surface area contributed by atoms with E-state index >= 15 is 0 Å². The molecule has 2 aliphatic rings. The van der Waals surface area contributed by atoms with Gasteiger partial charge in [-0.05, 0) is 82.7 Å². The number of carbonyl (C=O) groups excluding carboxylic acids is 2. The molecule has 36 heavy (non-hydrogen) atoms. The van der Waals surface area contributed by atoms with Gasteiger partial charge in [-0.1, -0.05) is 54.7 Å². The Morgan fingerprint density at radius 1 is 1.03 bits per heavy atom. The highest BCUT2D eigenvalue weighted by Crippen LogP contribution is 2.35. The van der Waals surface area contributed by atoms with E-state index in [-0.39, 0.29) is 24.4 Å². The van der Waals surface area contributed by atoms with Gasteiger partial charge in [-0.15, -0.1) is 0 Å². The van der Waals surface area contributed by atoms with E-state index in [2.05, 4.69) is 66.6 Å². The van der Waals surface area contributed by atoms with Crippen LogP contribution in [0.2, 0.25) is 0 Å². The molecule has 2 aromatic carbocycles. The van der Waals surface area contributed by atoms with Gasteiger partial charge in [-0.3, -0.25) is 9.59 Å². The molecule has 0 aromatic heterocycles. The first kappa shape index (κ1) is 26.0. The van der Waals surface area contributed by atoms with E-state index < -0.39 is 0 Å². The van der Waals surface area contributed by atoms with Gasteiger partial charge in [0.15, 0.2) is 0 Å². The fraction of sp³-hybridized carbons (Fsp3) is 0.484. The smallest absolute Gasteiger partial charge is 0.251 e. The van der Waals surface area contributed by atoms with Crippen LogP contribution in [0.5, 0.6) is 0 Å². The van der Waals surface area contributed by atoms with Gasteiger partial charge >= 0.3 is 0 Å². The van der Waals surface area contributed by atoms with Crippen LogP contribution in [0.4, 0.5) is 5.69 Å². The minimum Gasteiger partial charge on any atom is -0.369 e. The number of rotatable bonds is 7. The quantitative estimate of drug-likeness (QED) is 0.497. The topological polar surface area (TPSA) is 61.4 Å². The van der Waals surface area contributed by atoms with E-state index in [9.17, 15) is 9.59 Å². The Bertz CT molecular complexity index is 1140. The first-order valence-corrected chi connectivity index (χ1v) is 13.5. The van der Waals surface area contributed by atoms with E-state index in [0.717, 1.165) is 40.9 Å². The van der Waals surface area contributed by atoms with Gasteiger partial charge in [0, 0.05) is 42.0 Å². The van der Waals surface area contributed by atoms with Crippen LogP contribution in [0.3, 0.4) is 0 Å². The summed E-state index contributed by atoms with van der Waals surface area (Å²) in [6, 6.07) is 13.4. The normalized spacial score (nSPS) is 18.7. The molecule has 192 valence electrons. The second kappa shape index (κ2) is 11.3. The minimum absolute atomic E-state index is 0.0770. The molecule has 0 spiro atoms. The standard InChI is InChI=1S/C31H41N3O2/c1-6-34(26-10-8-7-9-11-26)29-18-25(24-14-12-20(2)13-15-24)17-27(23(29)5)30(35)32-19-28-21(3)16-22(4)33-31(28)36/h12-15,17-18,22,26H,6-11,16,19H2,1-5H3,(H,32,35)(H,33,36). The monoisotopic (exact) mass is 487 g/mol. The zero-order valence-corrected chi connectivity index (χ0v) is 22.5. The third-order valence-corrected chi connectivity index (χ3v) is 7.88. The maximum absolute atomic E-state index is 13.6. The number of hydrogen-bond donors (Lipinski definition) is 2. The predicted octanol–water partition coefficient (Wildman–Crippen LogP) is 6.08. The highest BCUT2D eigenvalue weighted by Gasteiger charge is 2.26. The lowest BCUT2D eigenvalue weighted by atomic mass is 9.91. The molecule has 0 radical (unpaired) electrons. The average molecular weight is 488 g/mol. The maximum Gasteiger partial charge on any atom is 0.251 e. The van der Waals surface area contributed by atoms with Gasteiger partial charge in [0.25, 0.3) is 5.91 Å². The summed E-state index contributed by atoms with van der Waals surface area (Å²) >= 11 is 0. The highest BCUT2D eigenvalue weighted by molar-refractivity contribution is 6.01. The molecule has 1 saturated carbocycles. The van der Waals surface area contributed by atoms with Crippen molar-refractivity contribution < 1.29 is 9.59 Å². The Labute approximate surface area is 216 Å². The number of hydrogen-bond acceptors (Lipinski definition) is 3. The van der Waals surface area contributed by atoms with Crippen LogP contribution in [0.25, 0.3) is 11.1 Å². The van der Waals surface area contributed by atoms with Gasteiger partial charge in [-0.2, -0.15) is 0 Å².